The minimum atomic E-state index is -2.64. The van der Waals surface area contributed by atoms with Crippen LogP contribution in [0.5, 0.6) is 0 Å². The number of rotatable bonds is 16. The van der Waals surface area contributed by atoms with Crippen molar-refractivity contribution in [1.29, 1.82) is 0 Å². The van der Waals surface area contributed by atoms with Crippen LogP contribution in [0.1, 0.15) is 78.1 Å². The molecule has 0 bridgehead atoms. The smallest absolute Gasteiger partial charge is 0.377 e. The Morgan fingerprint density at radius 3 is 1.91 bits per heavy atom. The number of carbonyl (C=O) groups is 1. The number of unbranched alkanes of at least 4 members (excludes halogenated alkanes) is 7. The van der Waals surface area contributed by atoms with Crippen molar-refractivity contribution in [2.24, 2.45) is 0 Å². The molecule has 0 fully saturated rings. The van der Waals surface area contributed by atoms with Gasteiger partial charge in [0.1, 0.15) is 0 Å². The van der Waals surface area contributed by atoms with Crippen LogP contribution < -0.4 is 0 Å². The van der Waals surface area contributed by atoms with E-state index in [1.807, 2.05) is 0 Å². The quantitative estimate of drug-likeness (QED) is 0.302. The van der Waals surface area contributed by atoms with Crippen LogP contribution >= 0.6 is 0 Å². The van der Waals surface area contributed by atoms with Crippen molar-refractivity contribution in [2.75, 3.05) is 20.8 Å². The van der Waals surface area contributed by atoms with Gasteiger partial charge in [-0.25, -0.2) is 0 Å². The molecule has 0 aromatic heterocycles. The molecule has 0 radical (unpaired) electrons. The van der Waals surface area contributed by atoms with E-state index in [2.05, 4.69) is 13.8 Å². The molecule has 132 valence electrons. The molecule has 4 nitrogen and oxygen atoms in total. The Balaban J connectivity index is 4.01. The minimum Gasteiger partial charge on any atom is -0.377 e. The fourth-order valence-electron chi connectivity index (χ4n) is 2.43. The van der Waals surface area contributed by atoms with Gasteiger partial charge in [-0.3, -0.25) is 4.79 Å². The van der Waals surface area contributed by atoms with Gasteiger partial charge in [0.25, 0.3) is 0 Å². The third-order valence-electron chi connectivity index (χ3n) is 3.97. The molecule has 0 aromatic carbocycles. The van der Waals surface area contributed by atoms with E-state index >= 15 is 0 Å². The molecule has 0 N–H and O–H groups in total. The molecule has 0 amide bonds. The predicted octanol–water partition coefficient (Wildman–Crippen LogP) is 4.74. The van der Waals surface area contributed by atoms with Gasteiger partial charge in [0.05, 0.1) is 6.61 Å². The molecule has 0 saturated heterocycles. The first-order valence-corrected chi connectivity index (χ1v) is 10.8. The second-order valence-electron chi connectivity index (χ2n) is 5.89. The Hall–Kier alpha value is -0.233. The van der Waals surface area contributed by atoms with Gasteiger partial charge in [0.15, 0.2) is 5.78 Å². The fraction of sp³-hybridized carbons (Fsp3) is 0.941. The molecular formula is C17H36O4Si. The van der Waals surface area contributed by atoms with Crippen LogP contribution in [0.4, 0.5) is 0 Å². The Labute approximate surface area is 138 Å². The molecule has 0 aliphatic rings. The zero-order valence-electron chi connectivity index (χ0n) is 15.1. The molecular weight excluding hydrogens is 296 g/mol. The Kier molecular flexibility index (Phi) is 14.2. The van der Waals surface area contributed by atoms with Crippen LogP contribution in [0.2, 0.25) is 6.04 Å². The highest BCUT2D eigenvalue weighted by Crippen LogP contribution is 2.19. The van der Waals surface area contributed by atoms with Gasteiger partial charge in [0, 0.05) is 26.7 Å². The zero-order valence-corrected chi connectivity index (χ0v) is 16.1. The number of carbonyl (C=O) groups excluding carboxylic acids is 1. The summed E-state index contributed by atoms with van der Waals surface area (Å²) in [5, 5.41) is 0. The Morgan fingerprint density at radius 1 is 0.818 bits per heavy atom. The van der Waals surface area contributed by atoms with Gasteiger partial charge in [0.2, 0.25) is 0 Å². The molecule has 5 heteroatoms. The van der Waals surface area contributed by atoms with E-state index in [1.165, 1.54) is 38.5 Å². The monoisotopic (exact) mass is 332 g/mol. The largest absolute Gasteiger partial charge is 0.500 e. The van der Waals surface area contributed by atoms with Crippen molar-refractivity contribution < 1.29 is 18.1 Å². The summed E-state index contributed by atoms with van der Waals surface area (Å²) in [7, 11) is 0.623. The summed E-state index contributed by atoms with van der Waals surface area (Å²) in [4.78, 5) is 11.9. The first-order valence-electron chi connectivity index (χ1n) is 8.90. The normalized spacial score (nSPS) is 11.8. The number of Topliss-reactive ketones (excluding diaryl/α,β-unsaturated/α-hetero) is 1. The highest BCUT2D eigenvalue weighted by atomic mass is 28.4. The fourth-order valence-corrected chi connectivity index (χ4v) is 4.45. The molecule has 0 saturated carbocycles. The van der Waals surface area contributed by atoms with Crippen LogP contribution in [-0.4, -0.2) is 35.4 Å². The van der Waals surface area contributed by atoms with Crippen LogP contribution in [0, 0.1) is 0 Å². The summed E-state index contributed by atoms with van der Waals surface area (Å²) >= 11 is 0. The van der Waals surface area contributed by atoms with Gasteiger partial charge in [-0.2, -0.15) is 0 Å². The molecule has 0 spiro atoms. The van der Waals surface area contributed by atoms with Crippen molar-refractivity contribution in [3.8, 4) is 0 Å². The Morgan fingerprint density at radius 2 is 1.36 bits per heavy atom. The van der Waals surface area contributed by atoms with Gasteiger partial charge < -0.3 is 13.3 Å². The lowest BCUT2D eigenvalue weighted by molar-refractivity contribution is -0.122. The SMILES string of the molecule is CCCCCCC[Si](OC)(OC)OCC(=O)CCCCCC. The van der Waals surface area contributed by atoms with E-state index in [-0.39, 0.29) is 12.4 Å². The molecule has 0 heterocycles. The topological polar surface area (TPSA) is 44.8 Å². The molecule has 0 aliphatic carbocycles. The van der Waals surface area contributed by atoms with E-state index in [1.54, 1.807) is 14.2 Å². The summed E-state index contributed by atoms with van der Waals surface area (Å²) in [6.07, 6.45) is 11.0. The summed E-state index contributed by atoms with van der Waals surface area (Å²) in [5.41, 5.74) is 0. The summed E-state index contributed by atoms with van der Waals surface area (Å²) in [6, 6.07) is 0.798. The second-order valence-corrected chi connectivity index (χ2v) is 8.86. The highest BCUT2D eigenvalue weighted by molar-refractivity contribution is 6.60. The molecule has 22 heavy (non-hydrogen) atoms. The van der Waals surface area contributed by atoms with E-state index in [4.69, 9.17) is 13.3 Å². The molecule has 0 aliphatic heterocycles. The van der Waals surface area contributed by atoms with E-state index < -0.39 is 8.80 Å². The maximum atomic E-state index is 11.9. The van der Waals surface area contributed by atoms with Gasteiger partial charge in [-0.15, -0.1) is 0 Å². The van der Waals surface area contributed by atoms with Gasteiger partial charge in [-0.05, 0) is 12.8 Å². The number of hydrogen-bond acceptors (Lipinski definition) is 4. The maximum absolute atomic E-state index is 11.9. The Bertz CT molecular complexity index is 267. The first-order chi connectivity index (χ1) is 10.6. The average Bonchev–Trinajstić information content (AvgIpc) is 2.54. The first kappa shape index (κ1) is 21.8. The molecule has 0 rings (SSSR count). The van der Waals surface area contributed by atoms with Crippen molar-refractivity contribution in [3.05, 3.63) is 0 Å². The predicted molar refractivity (Wildman–Crippen MR) is 93.1 cm³/mol. The van der Waals surface area contributed by atoms with Crippen LogP contribution in [0.15, 0.2) is 0 Å². The van der Waals surface area contributed by atoms with Crippen molar-refractivity contribution in [3.63, 3.8) is 0 Å². The molecule has 0 unspecified atom stereocenters. The lowest BCUT2D eigenvalue weighted by atomic mass is 10.1. The molecule has 0 aromatic rings. The number of ketones is 1. The molecule has 0 atom stereocenters. The lowest BCUT2D eigenvalue weighted by Gasteiger charge is -2.26. The number of hydrogen-bond donors (Lipinski definition) is 0. The van der Waals surface area contributed by atoms with Crippen molar-refractivity contribution in [1.82, 2.24) is 0 Å². The van der Waals surface area contributed by atoms with E-state index in [0.717, 1.165) is 25.3 Å². The highest BCUT2D eigenvalue weighted by Gasteiger charge is 2.38. The maximum Gasteiger partial charge on any atom is 0.500 e. The summed E-state index contributed by atoms with van der Waals surface area (Å²) in [6.45, 7) is 4.51. The van der Waals surface area contributed by atoms with Crippen LogP contribution in [-0.2, 0) is 18.1 Å². The summed E-state index contributed by atoms with van der Waals surface area (Å²) < 4.78 is 16.9. The van der Waals surface area contributed by atoms with Crippen molar-refractivity contribution >= 4 is 14.6 Å². The standard InChI is InChI=1S/C17H36O4Si/c1-5-7-9-11-13-15-22(19-3,20-4)21-16-17(18)14-12-10-8-6-2/h5-16H2,1-4H3. The van der Waals surface area contributed by atoms with E-state index in [9.17, 15) is 4.79 Å². The van der Waals surface area contributed by atoms with Crippen molar-refractivity contribution in [2.45, 2.75) is 84.1 Å². The minimum absolute atomic E-state index is 0.134. The van der Waals surface area contributed by atoms with Gasteiger partial charge in [-0.1, -0.05) is 58.8 Å². The van der Waals surface area contributed by atoms with Gasteiger partial charge >= 0.3 is 8.80 Å². The van der Waals surface area contributed by atoms with Crippen LogP contribution in [0.25, 0.3) is 0 Å². The average molecular weight is 333 g/mol. The van der Waals surface area contributed by atoms with Crippen LogP contribution in [0.3, 0.4) is 0 Å². The second kappa shape index (κ2) is 14.4. The van der Waals surface area contributed by atoms with E-state index in [0.29, 0.717) is 6.42 Å². The third kappa shape index (κ3) is 10.5. The summed E-state index contributed by atoms with van der Waals surface area (Å²) in [5.74, 6) is 0.160. The lowest BCUT2D eigenvalue weighted by Crippen LogP contribution is -2.45. The zero-order chi connectivity index (χ0) is 16.7. The third-order valence-corrected chi connectivity index (χ3v) is 6.76.